The lowest BCUT2D eigenvalue weighted by Crippen LogP contribution is -2.61. The van der Waals surface area contributed by atoms with E-state index in [0.717, 1.165) is 0 Å². The zero-order valence-electron chi connectivity index (χ0n) is 12.0. The minimum absolute atomic E-state index is 0.468. The van der Waals surface area contributed by atoms with Gasteiger partial charge in [0, 0.05) is 0 Å². The first kappa shape index (κ1) is 18.9. The highest BCUT2D eigenvalue weighted by Crippen LogP contribution is 2.24. The first-order valence-corrected chi connectivity index (χ1v) is 7.07. The minimum Gasteiger partial charge on any atom is -0.394 e. The van der Waals surface area contributed by atoms with Gasteiger partial charge < -0.3 is 55.1 Å². The molecule has 0 amide bonds. The fraction of sp³-hybridized carbons (Fsp3) is 1.00. The number of rotatable bonds is 4. The van der Waals surface area contributed by atoms with Crippen LogP contribution in [-0.2, 0) is 14.2 Å². The van der Waals surface area contributed by atoms with Gasteiger partial charge in [-0.3, -0.25) is 0 Å². The number of hydrogen-bond acceptors (Lipinski definition) is 11. The second-order valence-corrected chi connectivity index (χ2v) is 5.57. The van der Waals surface area contributed by atoms with E-state index in [2.05, 4.69) is 0 Å². The Bertz CT molecular complexity index is 380. The predicted octanol–water partition coefficient (Wildman–Crippen LogP) is -5.40. The Morgan fingerprint density at radius 3 is 1.83 bits per heavy atom. The van der Waals surface area contributed by atoms with Crippen LogP contribution in [0.5, 0.6) is 0 Å². The van der Waals surface area contributed by atoms with Crippen molar-refractivity contribution < 1.29 is 55.1 Å². The zero-order valence-corrected chi connectivity index (χ0v) is 12.0. The molecule has 23 heavy (non-hydrogen) atoms. The summed E-state index contributed by atoms with van der Waals surface area (Å²) in [4.78, 5) is 0. The summed E-state index contributed by atoms with van der Waals surface area (Å²) < 4.78 is 15.1. The molecule has 2 heterocycles. The van der Waals surface area contributed by atoms with Gasteiger partial charge in [0.1, 0.15) is 48.8 Å². The zero-order chi connectivity index (χ0) is 17.3. The smallest absolute Gasteiger partial charge is 0.186 e. The van der Waals surface area contributed by atoms with E-state index in [1.165, 1.54) is 0 Å². The lowest BCUT2D eigenvalue weighted by Gasteiger charge is -2.41. The molecule has 2 aliphatic rings. The Morgan fingerprint density at radius 1 is 0.652 bits per heavy atom. The molecule has 11 heteroatoms. The first-order valence-electron chi connectivity index (χ1n) is 7.07. The summed E-state index contributed by atoms with van der Waals surface area (Å²) in [6.07, 6.45) is -15.3. The molecule has 0 aromatic heterocycles. The van der Waals surface area contributed by atoms with E-state index >= 15 is 0 Å². The molecule has 2 saturated heterocycles. The molecule has 0 saturated carbocycles. The van der Waals surface area contributed by atoms with Crippen molar-refractivity contribution in [1.29, 1.82) is 0 Å². The van der Waals surface area contributed by atoms with Crippen LogP contribution in [0.1, 0.15) is 0 Å². The summed E-state index contributed by atoms with van der Waals surface area (Å²) in [7, 11) is 0. The fourth-order valence-corrected chi connectivity index (χ4v) is 2.46. The van der Waals surface area contributed by atoms with Crippen molar-refractivity contribution in [1.82, 2.24) is 0 Å². The van der Waals surface area contributed by atoms with Gasteiger partial charge in [0.2, 0.25) is 0 Å². The molecule has 0 radical (unpaired) electrons. The molecule has 0 aliphatic carbocycles. The summed E-state index contributed by atoms with van der Waals surface area (Å²) in [6, 6.07) is 0. The van der Waals surface area contributed by atoms with Crippen molar-refractivity contribution in [3.8, 4) is 0 Å². The van der Waals surface area contributed by atoms with Crippen LogP contribution in [0.2, 0.25) is 0 Å². The van der Waals surface area contributed by atoms with Gasteiger partial charge in [-0.25, -0.2) is 0 Å². The molecule has 11 nitrogen and oxygen atoms in total. The van der Waals surface area contributed by atoms with Crippen LogP contribution < -0.4 is 0 Å². The molecule has 0 unspecified atom stereocenters. The summed E-state index contributed by atoms with van der Waals surface area (Å²) >= 11 is 0. The number of aliphatic hydroxyl groups is 8. The van der Waals surface area contributed by atoms with Crippen molar-refractivity contribution in [3.63, 3.8) is 0 Å². The second kappa shape index (κ2) is 7.63. The molecule has 2 aliphatic heterocycles. The second-order valence-electron chi connectivity index (χ2n) is 5.57. The summed E-state index contributed by atoms with van der Waals surface area (Å²) in [5, 5.41) is 76.1. The summed E-state index contributed by atoms with van der Waals surface area (Å²) in [6.45, 7) is -1.10. The monoisotopic (exact) mass is 342 g/mol. The van der Waals surface area contributed by atoms with Crippen LogP contribution in [0.15, 0.2) is 0 Å². The lowest BCUT2D eigenvalue weighted by molar-refractivity contribution is -0.325. The van der Waals surface area contributed by atoms with E-state index in [1.54, 1.807) is 0 Å². The van der Waals surface area contributed by atoms with E-state index in [1.807, 2.05) is 0 Å². The highest BCUT2D eigenvalue weighted by Gasteiger charge is 2.46. The van der Waals surface area contributed by atoms with Crippen LogP contribution in [0.4, 0.5) is 0 Å². The van der Waals surface area contributed by atoms with Crippen LogP contribution in [-0.4, -0.2) is 115 Å². The maximum atomic E-state index is 9.78. The first-order chi connectivity index (χ1) is 10.8. The third-order valence-corrected chi connectivity index (χ3v) is 3.96. The van der Waals surface area contributed by atoms with Gasteiger partial charge in [-0.05, 0) is 0 Å². The van der Waals surface area contributed by atoms with Crippen LogP contribution >= 0.6 is 0 Å². The third kappa shape index (κ3) is 3.81. The number of ether oxygens (including phenoxy) is 3. The molecule has 2 fully saturated rings. The van der Waals surface area contributed by atoms with Gasteiger partial charge in [0.05, 0.1) is 13.2 Å². The van der Waals surface area contributed by atoms with Crippen LogP contribution in [0.25, 0.3) is 0 Å². The normalized spacial score (nSPS) is 51.7. The largest absolute Gasteiger partial charge is 0.394 e. The molecule has 136 valence electrons. The Morgan fingerprint density at radius 2 is 1.22 bits per heavy atom. The molecule has 0 spiro atoms. The van der Waals surface area contributed by atoms with E-state index in [-0.39, 0.29) is 0 Å². The van der Waals surface area contributed by atoms with E-state index in [9.17, 15) is 35.7 Å². The van der Waals surface area contributed by atoms with Crippen LogP contribution in [0, 0.1) is 0 Å². The Balaban J connectivity index is 1.94. The summed E-state index contributed by atoms with van der Waals surface area (Å²) in [5.41, 5.74) is 0. The molecule has 0 aromatic carbocycles. The standard InChI is InChI=1S/C12H22O11/c13-1-3-5(14)8(17)10(19)12(23-3)21-2-4-6(15)7(16)9(18)11(20)22-4/h3-20H,1-2H2/t3-,4-,5-,6-,7-,8-,9-,10-,11+,12-/m1/s1. The number of hydrogen-bond donors (Lipinski definition) is 8. The van der Waals surface area contributed by atoms with E-state index in [4.69, 9.17) is 19.3 Å². The average molecular weight is 342 g/mol. The molecular weight excluding hydrogens is 320 g/mol. The maximum Gasteiger partial charge on any atom is 0.186 e. The van der Waals surface area contributed by atoms with Crippen molar-refractivity contribution in [2.45, 2.75) is 61.4 Å². The molecule has 10 atom stereocenters. The van der Waals surface area contributed by atoms with Crippen molar-refractivity contribution in [2.75, 3.05) is 13.2 Å². The maximum absolute atomic E-state index is 9.78. The van der Waals surface area contributed by atoms with Gasteiger partial charge >= 0.3 is 0 Å². The number of aliphatic hydroxyl groups excluding tert-OH is 8. The minimum atomic E-state index is -1.74. The van der Waals surface area contributed by atoms with Gasteiger partial charge in [-0.15, -0.1) is 0 Å². The van der Waals surface area contributed by atoms with Gasteiger partial charge in [-0.1, -0.05) is 0 Å². The Kier molecular flexibility index (Phi) is 6.27. The van der Waals surface area contributed by atoms with Crippen molar-refractivity contribution in [2.24, 2.45) is 0 Å². The van der Waals surface area contributed by atoms with Gasteiger partial charge in [0.15, 0.2) is 12.6 Å². The Hall–Kier alpha value is -0.440. The summed E-state index contributed by atoms with van der Waals surface area (Å²) in [5.74, 6) is 0. The highest BCUT2D eigenvalue weighted by molar-refractivity contribution is 4.91. The van der Waals surface area contributed by atoms with Crippen molar-refractivity contribution in [3.05, 3.63) is 0 Å². The third-order valence-electron chi connectivity index (χ3n) is 3.96. The lowest BCUT2D eigenvalue weighted by atomic mass is 9.98. The SMILES string of the molecule is OC[C@H]1O[C@@H](OC[C@H]2O[C@H](O)[C@H](O)[C@H](O)[C@@H]2O)[C@H](O)[C@H](O)[C@@H]1O. The predicted molar refractivity (Wildman–Crippen MR) is 68.6 cm³/mol. The topological polar surface area (TPSA) is 190 Å². The molecule has 2 rings (SSSR count). The highest BCUT2D eigenvalue weighted by atomic mass is 16.7. The average Bonchev–Trinajstić information content (AvgIpc) is 2.54. The van der Waals surface area contributed by atoms with Crippen LogP contribution in [0.3, 0.4) is 0 Å². The quantitative estimate of drug-likeness (QED) is 0.243. The Labute approximate surface area is 130 Å². The molecule has 8 N–H and O–H groups in total. The van der Waals surface area contributed by atoms with Gasteiger partial charge in [-0.2, -0.15) is 0 Å². The molecule has 0 bridgehead atoms. The molecule has 0 aromatic rings. The fourth-order valence-electron chi connectivity index (χ4n) is 2.46. The van der Waals surface area contributed by atoms with E-state index in [0.29, 0.717) is 0 Å². The van der Waals surface area contributed by atoms with Gasteiger partial charge in [0.25, 0.3) is 0 Å². The molecular formula is C12H22O11. The van der Waals surface area contributed by atoms with E-state index < -0.39 is 74.6 Å². The van der Waals surface area contributed by atoms with Crippen molar-refractivity contribution >= 4 is 0 Å².